The second-order valence-corrected chi connectivity index (χ2v) is 6.39. The number of carbonyl (C=O) groups excluding carboxylic acids is 1. The summed E-state index contributed by atoms with van der Waals surface area (Å²) < 4.78 is 50.4. The minimum absolute atomic E-state index is 0.0974. The van der Waals surface area contributed by atoms with E-state index in [0.717, 1.165) is 18.2 Å². The van der Waals surface area contributed by atoms with Gasteiger partial charge in [-0.3, -0.25) is 0 Å². The van der Waals surface area contributed by atoms with Gasteiger partial charge in [-0.05, 0) is 18.2 Å². The van der Waals surface area contributed by atoms with Gasteiger partial charge in [0, 0.05) is 17.8 Å². The summed E-state index contributed by atoms with van der Waals surface area (Å²) in [7, 11) is 2.59. The quantitative estimate of drug-likeness (QED) is 0.406. The molecule has 0 saturated carbocycles. The summed E-state index contributed by atoms with van der Waals surface area (Å²) in [5.74, 6) is -1.89. The molecule has 0 bridgehead atoms. The fourth-order valence-corrected chi connectivity index (χ4v) is 2.10. The molecule has 0 N–H and O–H groups in total. The SMILES string of the molecule is COCCOCCOC(=O)c1cc(S(=O)(=O)Cl)ccc1F. The molecule has 0 aromatic heterocycles. The van der Waals surface area contributed by atoms with Crippen molar-refractivity contribution in [2.75, 3.05) is 33.5 Å². The highest BCUT2D eigenvalue weighted by Gasteiger charge is 2.18. The highest BCUT2D eigenvalue weighted by Crippen LogP contribution is 2.19. The third-order valence-corrected chi connectivity index (χ3v) is 3.68. The van der Waals surface area contributed by atoms with Crippen molar-refractivity contribution in [3.8, 4) is 0 Å². The van der Waals surface area contributed by atoms with E-state index in [9.17, 15) is 17.6 Å². The number of benzene rings is 1. The van der Waals surface area contributed by atoms with E-state index < -0.39 is 26.4 Å². The Morgan fingerprint density at radius 2 is 1.90 bits per heavy atom. The fraction of sp³-hybridized carbons (Fsp3) is 0.417. The predicted molar refractivity (Wildman–Crippen MR) is 72.4 cm³/mol. The van der Waals surface area contributed by atoms with E-state index in [1.54, 1.807) is 0 Å². The maximum Gasteiger partial charge on any atom is 0.341 e. The number of methoxy groups -OCH3 is 1. The van der Waals surface area contributed by atoms with E-state index in [0.29, 0.717) is 13.2 Å². The molecule has 0 aliphatic rings. The van der Waals surface area contributed by atoms with Crippen LogP contribution in [0.3, 0.4) is 0 Å². The molecule has 0 aliphatic heterocycles. The Morgan fingerprint density at radius 3 is 2.52 bits per heavy atom. The fourth-order valence-electron chi connectivity index (χ4n) is 1.33. The third-order valence-electron chi connectivity index (χ3n) is 2.33. The first-order valence-corrected chi connectivity index (χ1v) is 8.15. The molecule has 0 aliphatic carbocycles. The van der Waals surface area contributed by atoms with Crippen LogP contribution in [0.5, 0.6) is 0 Å². The molecule has 21 heavy (non-hydrogen) atoms. The van der Waals surface area contributed by atoms with Crippen LogP contribution in [0.4, 0.5) is 4.39 Å². The van der Waals surface area contributed by atoms with Crippen LogP contribution in [0.15, 0.2) is 23.1 Å². The lowest BCUT2D eigenvalue weighted by molar-refractivity contribution is 0.0210. The molecule has 0 radical (unpaired) electrons. The number of rotatable bonds is 8. The van der Waals surface area contributed by atoms with E-state index in [-0.39, 0.29) is 18.1 Å². The van der Waals surface area contributed by atoms with Crippen molar-refractivity contribution in [3.05, 3.63) is 29.6 Å². The summed E-state index contributed by atoms with van der Waals surface area (Å²) in [4.78, 5) is 11.3. The number of ether oxygens (including phenoxy) is 3. The zero-order valence-corrected chi connectivity index (χ0v) is 12.7. The van der Waals surface area contributed by atoms with E-state index in [4.69, 9.17) is 24.9 Å². The van der Waals surface area contributed by atoms with Crippen LogP contribution in [0.25, 0.3) is 0 Å². The van der Waals surface area contributed by atoms with Crippen molar-refractivity contribution >= 4 is 25.7 Å². The smallest absolute Gasteiger partial charge is 0.341 e. The molecule has 0 atom stereocenters. The lowest BCUT2D eigenvalue weighted by Crippen LogP contribution is -2.14. The average Bonchev–Trinajstić information content (AvgIpc) is 2.41. The summed E-state index contributed by atoms with van der Waals surface area (Å²) in [6, 6.07) is 2.62. The summed E-state index contributed by atoms with van der Waals surface area (Å²) in [5, 5.41) is 0. The summed E-state index contributed by atoms with van der Waals surface area (Å²) >= 11 is 0. The zero-order valence-electron chi connectivity index (χ0n) is 11.2. The van der Waals surface area contributed by atoms with Crippen LogP contribution in [0.1, 0.15) is 10.4 Å². The molecule has 0 amide bonds. The second kappa shape index (κ2) is 8.28. The Bertz CT molecular complexity index is 589. The summed E-state index contributed by atoms with van der Waals surface area (Å²) in [6.45, 7) is 0.755. The molecule has 0 unspecified atom stereocenters. The standard InChI is InChI=1S/C12H14ClFO6S/c1-18-4-5-19-6-7-20-12(15)10-8-9(21(13,16)17)2-3-11(10)14/h2-3,8H,4-7H2,1H3. The van der Waals surface area contributed by atoms with E-state index in [2.05, 4.69) is 0 Å². The minimum atomic E-state index is -4.05. The Hall–Kier alpha value is -1.22. The summed E-state index contributed by atoms with van der Waals surface area (Å²) in [5.41, 5.74) is -0.506. The number of hydrogen-bond acceptors (Lipinski definition) is 6. The predicted octanol–water partition coefficient (Wildman–Crippen LogP) is 1.57. The Morgan fingerprint density at radius 1 is 1.24 bits per heavy atom. The van der Waals surface area contributed by atoms with E-state index in [1.165, 1.54) is 7.11 Å². The van der Waals surface area contributed by atoms with Crippen molar-refractivity contribution in [1.82, 2.24) is 0 Å². The largest absolute Gasteiger partial charge is 0.460 e. The van der Waals surface area contributed by atoms with Crippen molar-refractivity contribution in [2.24, 2.45) is 0 Å². The van der Waals surface area contributed by atoms with Crippen LogP contribution in [0, 0.1) is 5.82 Å². The van der Waals surface area contributed by atoms with Gasteiger partial charge >= 0.3 is 5.97 Å². The van der Waals surface area contributed by atoms with Crippen LogP contribution < -0.4 is 0 Å². The lowest BCUT2D eigenvalue weighted by atomic mass is 10.2. The number of esters is 1. The molecule has 0 spiro atoms. The molecule has 0 saturated heterocycles. The molecule has 6 nitrogen and oxygen atoms in total. The van der Waals surface area contributed by atoms with Crippen LogP contribution in [-0.4, -0.2) is 47.9 Å². The maximum absolute atomic E-state index is 13.5. The van der Waals surface area contributed by atoms with Crippen molar-refractivity contribution in [2.45, 2.75) is 4.90 Å². The van der Waals surface area contributed by atoms with Crippen LogP contribution in [0.2, 0.25) is 0 Å². The van der Waals surface area contributed by atoms with Gasteiger partial charge in [0.15, 0.2) is 0 Å². The molecule has 0 fully saturated rings. The molecular formula is C12H14ClFO6S. The van der Waals surface area contributed by atoms with Crippen LogP contribution >= 0.6 is 10.7 Å². The molecule has 9 heteroatoms. The highest BCUT2D eigenvalue weighted by atomic mass is 35.7. The first-order valence-electron chi connectivity index (χ1n) is 5.84. The van der Waals surface area contributed by atoms with Crippen molar-refractivity contribution in [1.29, 1.82) is 0 Å². The van der Waals surface area contributed by atoms with Gasteiger partial charge in [0.05, 0.1) is 30.3 Å². The van der Waals surface area contributed by atoms with Crippen molar-refractivity contribution < 1.29 is 31.8 Å². The van der Waals surface area contributed by atoms with Gasteiger partial charge in [0.25, 0.3) is 9.05 Å². The number of carbonyl (C=O) groups is 1. The molecule has 1 rings (SSSR count). The first-order chi connectivity index (χ1) is 9.86. The van der Waals surface area contributed by atoms with Crippen molar-refractivity contribution in [3.63, 3.8) is 0 Å². The maximum atomic E-state index is 13.5. The van der Waals surface area contributed by atoms with Crippen LogP contribution in [-0.2, 0) is 23.3 Å². The second-order valence-electron chi connectivity index (χ2n) is 3.82. The monoisotopic (exact) mass is 340 g/mol. The summed E-state index contributed by atoms with van der Waals surface area (Å²) in [6.07, 6.45) is 0. The number of hydrogen-bond donors (Lipinski definition) is 0. The van der Waals surface area contributed by atoms with Gasteiger partial charge in [-0.25, -0.2) is 17.6 Å². The minimum Gasteiger partial charge on any atom is -0.460 e. The van der Waals surface area contributed by atoms with Gasteiger partial charge in [0.2, 0.25) is 0 Å². The molecule has 118 valence electrons. The topological polar surface area (TPSA) is 78.9 Å². The molecule has 0 heterocycles. The Balaban J connectivity index is 2.62. The molecule has 1 aromatic rings. The first kappa shape index (κ1) is 17.8. The van der Waals surface area contributed by atoms with E-state index in [1.807, 2.05) is 0 Å². The Kier molecular flexibility index (Phi) is 7.03. The third kappa shape index (κ3) is 5.96. The van der Waals surface area contributed by atoms with Gasteiger partial charge in [0.1, 0.15) is 12.4 Å². The van der Waals surface area contributed by atoms with Gasteiger partial charge in [-0.15, -0.1) is 0 Å². The average molecular weight is 341 g/mol. The van der Waals surface area contributed by atoms with Gasteiger partial charge < -0.3 is 14.2 Å². The molecule has 1 aromatic carbocycles. The van der Waals surface area contributed by atoms with E-state index >= 15 is 0 Å². The highest BCUT2D eigenvalue weighted by molar-refractivity contribution is 8.13. The van der Waals surface area contributed by atoms with Gasteiger partial charge in [-0.2, -0.15) is 0 Å². The molecular weight excluding hydrogens is 327 g/mol. The van der Waals surface area contributed by atoms with Gasteiger partial charge in [-0.1, -0.05) is 0 Å². The lowest BCUT2D eigenvalue weighted by Gasteiger charge is -2.07. The zero-order chi connectivity index (χ0) is 15.9. The normalized spacial score (nSPS) is 11.4. The Labute approximate surface area is 126 Å². The number of halogens is 2.